The largest absolute Gasteiger partial charge is 0.480 e. The van der Waals surface area contributed by atoms with E-state index in [0.29, 0.717) is 17.4 Å². The van der Waals surface area contributed by atoms with E-state index < -0.39 is 23.2 Å². The molecule has 108 valence electrons. The Balaban J connectivity index is 2.43. The van der Waals surface area contributed by atoms with Gasteiger partial charge in [-0.05, 0) is 54.2 Å². The smallest absolute Gasteiger partial charge is 0.329 e. The van der Waals surface area contributed by atoms with Gasteiger partial charge in [0.1, 0.15) is 11.4 Å². The number of nitrogens with zero attached hydrogens (tertiary/aromatic N) is 1. The second kappa shape index (κ2) is 5.52. The molecule has 0 aliphatic carbocycles. The molecule has 1 aliphatic heterocycles. The Morgan fingerprint density at radius 3 is 2.70 bits per heavy atom. The van der Waals surface area contributed by atoms with E-state index in [9.17, 15) is 19.1 Å². The molecule has 6 heteroatoms. The van der Waals surface area contributed by atoms with Gasteiger partial charge in [0.15, 0.2) is 0 Å². The minimum atomic E-state index is -1.28. The van der Waals surface area contributed by atoms with Crippen molar-refractivity contribution in [2.75, 3.05) is 6.54 Å². The van der Waals surface area contributed by atoms with Crippen LogP contribution in [0.1, 0.15) is 36.5 Å². The summed E-state index contributed by atoms with van der Waals surface area (Å²) in [4.78, 5) is 25.3. The van der Waals surface area contributed by atoms with Gasteiger partial charge < -0.3 is 10.0 Å². The first kappa shape index (κ1) is 15.0. The van der Waals surface area contributed by atoms with Gasteiger partial charge in [-0.1, -0.05) is 6.07 Å². The van der Waals surface area contributed by atoms with Gasteiger partial charge in [-0.2, -0.15) is 0 Å². The number of likely N-dealkylation sites (tertiary alicyclic amines) is 1. The van der Waals surface area contributed by atoms with E-state index >= 15 is 0 Å². The summed E-state index contributed by atoms with van der Waals surface area (Å²) in [6, 6.07) is 4.25. The molecular weight excluding hydrogens is 329 g/mol. The maximum atomic E-state index is 13.9. The Morgan fingerprint density at radius 1 is 1.40 bits per heavy atom. The number of carbonyl (C=O) groups is 2. The molecule has 4 nitrogen and oxygen atoms in total. The van der Waals surface area contributed by atoms with Crippen molar-refractivity contribution in [1.29, 1.82) is 0 Å². The van der Waals surface area contributed by atoms with Crippen LogP contribution in [0.4, 0.5) is 4.39 Å². The van der Waals surface area contributed by atoms with E-state index in [1.807, 2.05) is 0 Å². The Bertz CT molecular complexity index is 543. The number of aliphatic carboxylic acids is 1. The summed E-state index contributed by atoms with van der Waals surface area (Å²) in [5.41, 5.74) is -1.39. The van der Waals surface area contributed by atoms with Crippen LogP contribution in [0.15, 0.2) is 22.7 Å². The van der Waals surface area contributed by atoms with Crippen molar-refractivity contribution >= 4 is 27.8 Å². The molecular formula is C14H15BrFNO3. The Labute approximate surface area is 124 Å². The summed E-state index contributed by atoms with van der Waals surface area (Å²) in [7, 11) is 0. The van der Waals surface area contributed by atoms with Gasteiger partial charge in [-0.3, -0.25) is 4.79 Å². The maximum absolute atomic E-state index is 13.9. The van der Waals surface area contributed by atoms with Crippen LogP contribution in [0.5, 0.6) is 0 Å². The Hall–Kier alpha value is -1.43. The third-order valence-electron chi connectivity index (χ3n) is 3.77. The number of hydrogen-bond donors (Lipinski definition) is 1. The number of piperidine rings is 1. The lowest BCUT2D eigenvalue weighted by atomic mass is 9.88. The zero-order chi connectivity index (χ0) is 14.9. The summed E-state index contributed by atoms with van der Waals surface area (Å²) < 4.78 is 14.2. The van der Waals surface area contributed by atoms with Crippen LogP contribution >= 0.6 is 15.9 Å². The molecule has 1 N–H and O–H groups in total. The van der Waals surface area contributed by atoms with Crippen LogP contribution < -0.4 is 0 Å². The first-order valence-electron chi connectivity index (χ1n) is 6.37. The number of carboxylic acids is 1. The second-order valence-electron chi connectivity index (χ2n) is 5.09. The molecule has 0 bridgehead atoms. The van der Waals surface area contributed by atoms with E-state index in [2.05, 4.69) is 15.9 Å². The Morgan fingerprint density at radius 2 is 2.10 bits per heavy atom. The van der Waals surface area contributed by atoms with Crippen LogP contribution in [-0.4, -0.2) is 34.0 Å². The van der Waals surface area contributed by atoms with Crippen LogP contribution in [-0.2, 0) is 4.79 Å². The summed E-state index contributed by atoms with van der Waals surface area (Å²) in [5.74, 6) is -2.29. The Kier molecular flexibility index (Phi) is 4.13. The minimum absolute atomic E-state index is 0.109. The van der Waals surface area contributed by atoms with Gasteiger partial charge in [-0.15, -0.1) is 0 Å². The van der Waals surface area contributed by atoms with Crippen LogP contribution in [0, 0.1) is 5.82 Å². The topological polar surface area (TPSA) is 57.6 Å². The van der Waals surface area contributed by atoms with Crippen molar-refractivity contribution in [1.82, 2.24) is 4.90 Å². The molecule has 1 aromatic rings. The first-order chi connectivity index (χ1) is 9.38. The fourth-order valence-electron chi connectivity index (χ4n) is 2.51. The summed E-state index contributed by atoms with van der Waals surface area (Å²) in [5, 5.41) is 9.40. The van der Waals surface area contributed by atoms with Gasteiger partial charge in [-0.25, -0.2) is 9.18 Å². The molecule has 1 amide bonds. The number of carboxylic acid groups (broad SMARTS) is 1. The molecule has 0 radical (unpaired) electrons. The van der Waals surface area contributed by atoms with Gasteiger partial charge in [0.05, 0.1) is 5.56 Å². The third kappa shape index (κ3) is 2.44. The molecule has 1 saturated heterocycles. The first-order valence-corrected chi connectivity index (χ1v) is 7.16. The van der Waals surface area contributed by atoms with Gasteiger partial charge >= 0.3 is 5.97 Å². The number of amides is 1. The lowest BCUT2D eigenvalue weighted by molar-refractivity contribution is -0.150. The van der Waals surface area contributed by atoms with Crippen molar-refractivity contribution in [3.63, 3.8) is 0 Å². The highest BCUT2D eigenvalue weighted by molar-refractivity contribution is 9.10. The van der Waals surface area contributed by atoms with E-state index in [0.717, 1.165) is 12.8 Å². The fourth-order valence-corrected chi connectivity index (χ4v) is 3.02. The van der Waals surface area contributed by atoms with Crippen LogP contribution in [0.3, 0.4) is 0 Å². The molecule has 1 fully saturated rings. The van der Waals surface area contributed by atoms with E-state index in [-0.39, 0.29) is 5.56 Å². The summed E-state index contributed by atoms with van der Waals surface area (Å²) >= 11 is 3.15. The predicted octanol–water partition coefficient (Wildman–Crippen LogP) is 3.06. The van der Waals surface area contributed by atoms with Crippen LogP contribution in [0.2, 0.25) is 0 Å². The molecule has 0 saturated carbocycles. The quantitative estimate of drug-likeness (QED) is 0.897. The fraction of sp³-hybridized carbons (Fsp3) is 0.429. The predicted molar refractivity (Wildman–Crippen MR) is 75.0 cm³/mol. The highest BCUT2D eigenvalue weighted by Crippen LogP contribution is 2.32. The molecule has 1 atom stereocenters. The minimum Gasteiger partial charge on any atom is -0.480 e. The van der Waals surface area contributed by atoms with Crippen molar-refractivity contribution in [2.45, 2.75) is 31.7 Å². The molecule has 20 heavy (non-hydrogen) atoms. The molecule has 2 rings (SSSR count). The van der Waals surface area contributed by atoms with E-state index in [1.165, 1.54) is 24.0 Å². The van der Waals surface area contributed by atoms with Gasteiger partial charge in [0.25, 0.3) is 5.91 Å². The average molecular weight is 344 g/mol. The molecule has 0 aromatic heterocycles. The maximum Gasteiger partial charge on any atom is 0.329 e. The van der Waals surface area contributed by atoms with Gasteiger partial charge in [0, 0.05) is 11.0 Å². The number of halogens is 2. The third-order valence-corrected chi connectivity index (χ3v) is 4.43. The lowest BCUT2D eigenvalue weighted by Crippen LogP contribution is -2.57. The van der Waals surface area contributed by atoms with Crippen molar-refractivity contribution in [2.24, 2.45) is 0 Å². The molecule has 1 aliphatic rings. The van der Waals surface area contributed by atoms with Crippen LogP contribution in [0.25, 0.3) is 0 Å². The van der Waals surface area contributed by atoms with Gasteiger partial charge in [0.2, 0.25) is 0 Å². The summed E-state index contributed by atoms with van der Waals surface area (Å²) in [6.45, 7) is 1.84. The van der Waals surface area contributed by atoms with Crippen molar-refractivity contribution in [3.05, 3.63) is 34.1 Å². The standard InChI is InChI=1S/C14H15BrFNO3/c1-14(13(19)20)7-2-3-8-17(14)12(18)11-9(15)5-4-6-10(11)16/h4-6H,2-3,7-8H2,1H3,(H,19,20). The number of benzene rings is 1. The molecule has 1 aromatic carbocycles. The second-order valence-corrected chi connectivity index (χ2v) is 5.94. The van der Waals surface area contributed by atoms with Crippen molar-refractivity contribution < 1.29 is 19.1 Å². The number of rotatable bonds is 2. The highest BCUT2D eigenvalue weighted by Gasteiger charge is 2.44. The molecule has 1 heterocycles. The number of carbonyl (C=O) groups excluding carboxylic acids is 1. The monoisotopic (exact) mass is 343 g/mol. The zero-order valence-electron chi connectivity index (χ0n) is 11.0. The summed E-state index contributed by atoms with van der Waals surface area (Å²) in [6.07, 6.45) is 1.84. The SMILES string of the molecule is CC1(C(=O)O)CCCCN1C(=O)c1c(F)cccc1Br. The molecule has 1 unspecified atom stereocenters. The molecule has 0 spiro atoms. The highest BCUT2D eigenvalue weighted by atomic mass is 79.9. The van der Waals surface area contributed by atoms with E-state index in [1.54, 1.807) is 6.07 Å². The average Bonchev–Trinajstić information content (AvgIpc) is 2.38. The normalized spacial score (nSPS) is 22.6. The lowest BCUT2D eigenvalue weighted by Gasteiger charge is -2.41. The van der Waals surface area contributed by atoms with Crippen molar-refractivity contribution in [3.8, 4) is 0 Å². The number of hydrogen-bond acceptors (Lipinski definition) is 2. The zero-order valence-corrected chi connectivity index (χ0v) is 12.6. The van der Waals surface area contributed by atoms with E-state index in [4.69, 9.17) is 0 Å².